The first-order valence-electron chi connectivity index (χ1n) is 9.20. The average Bonchev–Trinajstić information content (AvgIpc) is 3.50. The fourth-order valence-corrected chi connectivity index (χ4v) is 3.19. The molecule has 1 aliphatic rings. The van der Waals surface area contributed by atoms with Crippen molar-refractivity contribution in [1.82, 2.24) is 4.90 Å². The van der Waals surface area contributed by atoms with Crippen molar-refractivity contribution in [1.29, 1.82) is 0 Å². The monoisotopic (exact) mass is 392 g/mol. The number of amides is 1. The van der Waals surface area contributed by atoms with Crippen LogP contribution in [0.4, 0.5) is 18.9 Å². The Kier molecular flexibility index (Phi) is 6.24. The van der Waals surface area contributed by atoms with E-state index < -0.39 is 11.7 Å². The molecule has 28 heavy (non-hydrogen) atoms. The molecular formula is C21H23F3N2O2. The number of methoxy groups -OCH3 is 1. The van der Waals surface area contributed by atoms with E-state index in [-0.39, 0.29) is 30.5 Å². The van der Waals surface area contributed by atoms with E-state index in [0.29, 0.717) is 18.0 Å². The van der Waals surface area contributed by atoms with Crippen molar-refractivity contribution in [3.63, 3.8) is 0 Å². The molecule has 0 aliphatic heterocycles. The minimum Gasteiger partial charge on any atom is -0.495 e. The van der Waals surface area contributed by atoms with Gasteiger partial charge in [-0.05, 0) is 36.6 Å². The van der Waals surface area contributed by atoms with Crippen LogP contribution in [0.1, 0.15) is 30.4 Å². The van der Waals surface area contributed by atoms with Crippen molar-refractivity contribution in [2.45, 2.75) is 38.0 Å². The smallest absolute Gasteiger partial charge is 0.416 e. The normalized spacial score (nSPS) is 14.2. The molecule has 0 heterocycles. The summed E-state index contributed by atoms with van der Waals surface area (Å²) in [5.41, 5.74) is 0.210. The van der Waals surface area contributed by atoms with Gasteiger partial charge >= 0.3 is 6.18 Å². The van der Waals surface area contributed by atoms with Gasteiger partial charge in [-0.25, -0.2) is 0 Å². The number of anilines is 1. The molecule has 0 radical (unpaired) electrons. The fourth-order valence-electron chi connectivity index (χ4n) is 3.19. The molecule has 1 aliphatic carbocycles. The number of halogens is 3. The second kappa shape index (κ2) is 8.65. The Morgan fingerprint density at radius 2 is 1.82 bits per heavy atom. The zero-order valence-corrected chi connectivity index (χ0v) is 15.6. The van der Waals surface area contributed by atoms with Gasteiger partial charge in [-0.1, -0.05) is 30.3 Å². The predicted octanol–water partition coefficient (Wildman–Crippen LogP) is 4.71. The van der Waals surface area contributed by atoms with E-state index in [4.69, 9.17) is 4.74 Å². The number of carbonyl (C=O) groups excluding carboxylic acids is 1. The zero-order valence-electron chi connectivity index (χ0n) is 15.6. The van der Waals surface area contributed by atoms with Gasteiger partial charge in [0.15, 0.2) is 0 Å². The number of alkyl halides is 3. The molecule has 0 saturated heterocycles. The number of hydrogen-bond donors (Lipinski definition) is 1. The van der Waals surface area contributed by atoms with E-state index in [1.807, 2.05) is 4.90 Å². The van der Waals surface area contributed by atoms with Crippen LogP contribution in [0, 0.1) is 0 Å². The summed E-state index contributed by atoms with van der Waals surface area (Å²) < 4.78 is 45.0. The molecule has 2 aromatic carbocycles. The third kappa shape index (κ3) is 5.25. The molecule has 1 amide bonds. The van der Waals surface area contributed by atoms with Crippen molar-refractivity contribution < 1.29 is 22.7 Å². The van der Waals surface area contributed by atoms with E-state index in [1.165, 1.54) is 19.2 Å². The lowest BCUT2D eigenvalue weighted by atomic mass is 10.1. The summed E-state index contributed by atoms with van der Waals surface area (Å²) in [6, 6.07) is 13.0. The minimum absolute atomic E-state index is 0.183. The van der Waals surface area contributed by atoms with Crippen LogP contribution in [0.3, 0.4) is 0 Å². The first-order valence-corrected chi connectivity index (χ1v) is 9.20. The Balaban J connectivity index is 1.63. The highest BCUT2D eigenvalue weighted by atomic mass is 19.4. The number of nitrogens with one attached hydrogen (secondary N) is 1. The second-order valence-electron chi connectivity index (χ2n) is 6.86. The zero-order chi connectivity index (χ0) is 20.1. The molecule has 1 saturated carbocycles. The highest BCUT2D eigenvalue weighted by Crippen LogP contribution is 2.34. The molecule has 0 aromatic heterocycles. The van der Waals surface area contributed by atoms with Crippen LogP contribution >= 0.6 is 0 Å². The molecule has 4 nitrogen and oxygen atoms in total. The lowest BCUT2D eigenvalue weighted by Crippen LogP contribution is -2.30. The summed E-state index contributed by atoms with van der Waals surface area (Å²) in [7, 11) is 1.53. The summed E-state index contributed by atoms with van der Waals surface area (Å²) in [4.78, 5) is 14.3. The van der Waals surface area contributed by atoms with Crippen LogP contribution < -0.4 is 10.1 Å². The Hall–Kier alpha value is -2.54. The number of rotatable bonds is 8. The average molecular weight is 392 g/mol. The third-order valence-corrected chi connectivity index (χ3v) is 4.77. The molecule has 1 fully saturated rings. The topological polar surface area (TPSA) is 41.6 Å². The van der Waals surface area contributed by atoms with Gasteiger partial charge in [0.1, 0.15) is 5.75 Å². The number of benzene rings is 2. The summed E-state index contributed by atoms with van der Waals surface area (Å²) >= 11 is 0. The first-order chi connectivity index (χ1) is 13.4. The van der Waals surface area contributed by atoms with Crippen molar-refractivity contribution in [2.75, 3.05) is 19.0 Å². The summed E-state index contributed by atoms with van der Waals surface area (Å²) in [5.74, 6) is 0.369. The Morgan fingerprint density at radius 3 is 2.50 bits per heavy atom. The Labute approximate surface area is 162 Å². The summed E-state index contributed by atoms with van der Waals surface area (Å²) in [6.07, 6.45) is -2.29. The molecule has 7 heteroatoms. The van der Waals surface area contributed by atoms with Gasteiger partial charge < -0.3 is 10.1 Å². The second-order valence-corrected chi connectivity index (χ2v) is 6.86. The van der Waals surface area contributed by atoms with Gasteiger partial charge in [0.25, 0.3) is 0 Å². The van der Waals surface area contributed by atoms with Crippen molar-refractivity contribution >= 4 is 11.6 Å². The Bertz CT molecular complexity index is 819. The van der Waals surface area contributed by atoms with E-state index >= 15 is 0 Å². The SMILES string of the molecule is COc1ccccc1NC(=O)CCN(Cc1ccccc1C(F)(F)F)C1CC1. The third-order valence-electron chi connectivity index (χ3n) is 4.77. The standard InChI is InChI=1S/C21H23F3N2O2/c1-28-19-9-5-4-8-18(19)25-20(27)12-13-26(16-10-11-16)14-15-6-2-3-7-17(15)21(22,23)24/h2-9,16H,10-14H2,1H3,(H,25,27). The lowest BCUT2D eigenvalue weighted by molar-refractivity contribution is -0.138. The summed E-state index contributed by atoms with van der Waals surface area (Å²) in [5, 5.41) is 2.81. The van der Waals surface area contributed by atoms with Crippen LogP contribution in [-0.2, 0) is 17.5 Å². The highest BCUT2D eigenvalue weighted by molar-refractivity contribution is 5.92. The molecule has 0 unspecified atom stereocenters. The van der Waals surface area contributed by atoms with Crippen LogP contribution in [0.2, 0.25) is 0 Å². The van der Waals surface area contributed by atoms with Crippen LogP contribution in [-0.4, -0.2) is 30.5 Å². The molecule has 0 bridgehead atoms. The maximum Gasteiger partial charge on any atom is 0.416 e. The molecule has 0 atom stereocenters. The first kappa shape index (κ1) is 20.2. The number of carbonyl (C=O) groups is 1. The van der Waals surface area contributed by atoms with Gasteiger partial charge in [0.2, 0.25) is 5.91 Å². The van der Waals surface area contributed by atoms with E-state index in [9.17, 15) is 18.0 Å². The van der Waals surface area contributed by atoms with Crippen LogP contribution in [0.25, 0.3) is 0 Å². The van der Waals surface area contributed by atoms with Gasteiger partial charge in [-0.3, -0.25) is 9.69 Å². The molecule has 2 aromatic rings. The summed E-state index contributed by atoms with van der Waals surface area (Å²) in [6.45, 7) is 0.583. The van der Waals surface area contributed by atoms with Gasteiger partial charge in [0, 0.05) is 25.6 Å². The van der Waals surface area contributed by atoms with E-state index in [1.54, 1.807) is 30.3 Å². The van der Waals surface area contributed by atoms with Crippen molar-refractivity contribution in [3.8, 4) is 5.75 Å². The number of para-hydroxylation sites is 2. The maximum atomic E-state index is 13.2. The quantitative estimate of drug-likeness (QED) is 0.708. The lowest BCUT2D eigenvalue weighted by Gasteiger charge is -2.24. The molecular weight excluding hydrogens is 369 g/mol. The maximum absolute atomic E-state index is 13.2. The van der Waals surface area contributed by atoms with Gasteiger partial charge in [0.05, 0.1) is 18.4 Å². The molecule has 150 valence electrons. The highest BCUT2D eigenvalue weighted by Gasteiger charge is 2.35. The molecule has 3 rings (SSSR count). The largest absolute Gasteiger partial charge is 0.495 e. The molecule has 0 spiro atoms. The number of ether oxygens (including phenoxy) is 1. The number of hydrogen-bond acceptors (Lipinski definition) is 3. The Morgan fingerprint density at radius 1 is 1.14 bits per heavy atom. The molecule has 1 N–H and O–H groups in total. The fraction of sp³-hybridized carbons (Fsp3) is 0.381. The van der Waals surface area contributed by atoms with E-state index in [2.05, 4.69) is 5.32 Å². The van der Waals surface area contributed by atoms with Gasteiger partial charge in [-0.2, -0.15) is 13.2 Å². The van der Waals surface area contributed by atoms with Crippen LogP contribution in [0.5, 0.6) is 5.75 Å². The predicted molar refractivity (Wildman–Crippen MR) is 101 cm³/mol. The van der Waals surface area contributed by atoms with Crippen LogP contribution in [0.15, 0.2) is 48.5 Å². The van der Waals surface area contributed by atoms with Crippen molar-refractivity contribution in [3.05, 3.63) is 59.7 Å². The van der Waals surface area contributed by atoms with Crippen molar-refractivity contribution in [2.24, 2.45) is 0 Å². The van der Waals surface area contributed by atoms with E-state index in [0.717, 1.165) is 18.9 Å². The minimum atomic E-state index is -4.38. The van der Waals surface area contributed by atoms with Gasteiger partial charge in [-0.15, -0.1) is 0 Å². The number of nitrogens with zero attached hydrogens (tertiary/aromatic N) is 1.